The van der Waals surface area contributed by atoms with Gasteiger partial charge in [0.15, 0.2) is 0 Å². The van der Waals surface area contributed by atoms with Gasteiger partial charge < -0.3 is 15.5 Å². The predicted molar refractivity (Wildman–Crippen MR) is 49.0 cm³/mol. The van der Waals surface area contributed by atoms with Crippen LogP contribution in [0.3, 0.4) is 0 Å². The van der Waals surface area contributed by atoms with Crippen molar-refractivity contribution in [3.63, 3.8) is 0 Å². The van der Waals surface area contributed by atoms with E-state index in [-0.39, 0.29) is 6.61 Å². The zero-order valence-corrected chi connectivity index (χ0v) is 7.73. The van der Waals surface area contributed by atoms with Crippen LogP contribution in [0, 0.1) is 0 Å². The summed E-state index contributed by atoms with van der Waals surface area (Å²) < 4.78 is 0. The Morgan fingerprint density at radius 2 is 2.27 bits per heavy atom. The molecule has 0 radical (unpaired) electrons. The lowest BCUT2D eigenvalue weighted by Crippen LogP contribution is -2.30. The Kier molecular flexibility index (Phi) is 8.50. The number of aliphatic hydroxyl groups is 2. The maximum Gasteiger partial charge on any atom is 0.0894 e. The van der Waals surface area contributed by atoms with E-state index in [4.69, 9.17) is 10.2 Å². The van der Waals surface area contributed by atoms with Crippen molar-refractivity contribution in [1.29, 1.82) is 0 Å². The van der Waals surface area contributed by atoms with Crippen molar-refractivity contribution in [2.75, 3.05) is 31.7 Å². The van der Waals surface area contributed by atoms with Crippen LogP contribution in [0.1, 0.15) is 6.42 Å². The van der Waals surface area contributed by atoms with Crippen molar-refractivity contribution in [1.82, 2.24) is 5.32 Å². The van der Waals surface area contributed by atoms with Gasteiger partial charge in [0.05, 0.1) is 12.7 Å². The lowest BCUT2D eigenvalue weighted by atomic mass is 10.3. The van der Waals surface area contributed by atoms with E-state index in [2.05, 4.69) is 11.6 Å². The first-order valence-electron chi connectivity index (χ1n) is 3.79. The van der Waals surface area contributed by atoms with Crippen LogP contribution >= 0.6 is 11.8 Å². The molecule has 0 heterocycles. The summed E-state index contributed by atoms with van der Waals surface area (Å²) in [7, 11) is 0. The summed E-state index contributed by atoms with van der Waals surface area (Å²) in [5.41, 5.74) is 0. The molecule has 0 aromatic carbocycles. The monoisotopic (exact) mass is 179 g/mol. The topological polar surface area (TPSA) is 52.5 Å². The highest BCUT2D eigenvalue weighted by Crippen LogP contribution is 1.93. The van der Waals surface area contributed by atoms with Crippen LogP contribution in [0.4, 0.5) is 0 Å². The van der Waals surface area contributed by atoms with Crippen molar-refractivity contribution in [3.05, 3.63) is 0 Å². The lowest BCUT2D eigenvalue weighted by Gasteiger charge is -2.07. The molecule has 0 aliphatic carbocycles. The molecular formula is C7H17NO2S. The Morgan fingerprint density at radius 3 is 2.82 bits per heavy atom. The average molecular weight is 179 g/mol. The second kappa shape index (κ2) is 8.33. The number of thioether (sulfide) groups is 1. The molecule has 0 rings (SSSR count). The molecule has 0 unspecified atom stereocenters. The maximum absolute atomic E-state index is 8.90. The number of rotatable bonds is 7. The summed E-state index contributed by atoms with van der Waals surface area (Å²) in [5, 5.41) is 20.4. The minimum atomic E-state index is -0.607. The molecule has 0 saturated heterocycles. The fourth-order valence-corrected chi connectivity index (χ4v) is 1.11. The third-order valence-electron chi connectivity index (χ3n) is 1.29. The molecule has 11 heavy (non-hydrogen) atoms. The Balaban J connectivity index is 2.89. The number of hydrogen-bond donors (Lipinski definition) is 3. The van der Waals surface area contributed by atoms with Crippen molar-refractivity contribution in [2.45, 2.75) is 12.5 Å². The van der Waals surface area contributed by atoms with Gasteiger partial charge in [0, 0.05) is 6.54 Å². The predicted octanol–water partition coefficient (Wildman–Crippen LogP) is -0.318. The number of aliphatic hydroxyl groups excluding tert-OH is 2. The zero-order valence-electron chi connectivity index (χ0n) is 6.92. The first-order chi connectivity index (χ1) is 5.31. The number of nitrogens with one attached hydrogen (secondary N) is 1. The van der Waals surface area contributed by atoms with Crippen LogP contribution in [0.5, 0.6) is 0 Å². The van der Waals surface area contributed by atoms with E-state index in [1.54, 1.807) is 0 Å². The van der Waals surface area contributed by atoms with Gasteiger partial charge in [-0.05, 0) is 25.0 Å². The molecular weight excluding hydrogens is 162 g/mol. The molecule has 0 saturated carbocycles. The van der Waals surface area contributed by atoms with Gasteiger partial charge in [-0.1, -0.05) is 0 Å². The van der Waals surface area contributed by atoms with Crippen LogP contribution in [0.15, 0.2) is 0 Å². The molecule has 1 atom stereocenters. The number of hydrogen-bond acceptors (Lipinski definition) is 4. The van der Waals surface area contributed by atoms with Crippen molar-refractivity contribution in [2.24, 2.45) is 0 Å². The Hall–Kier alpha value is 0.230. The third kappa shape index (κ3) is 8.13. The van der Waals surface area contributed by atoms with Crippen LogP contribution in [0.2, 0.25) is 0 Å². The van der Waals surface area contributed by atoms with E-state index in [9.17, 15) is 0 Å². The quantitative estimate of drug-likeness (QED) is 0.469. The standard InChI is InChI=1S/C7H17NO2S/c1-11-4-2-3-8-5-7(10)6-9/h7-10H,2-6H2,1H3/t7-/m0/s1. The molecule has 0 aliphatic rings. The molecule has 3 N–H and O–H groups in total. The smallest absolute Gasteiger partial charge is 0.0894 e. The molecule has 0 aromatic heterocycles. The second-order valence-electron chi connectivity index (χ2n) is 2.39. The fourth-order valence-electron chi connectivity index (χ4n) is 0.675. The van der Waals surface area contributed by atoms with E-state index in [0.29, 0.717) is 6.54 Å². The van der Waals surface area contributed by atoms with Crippen molar-refractivity contribution >= 4 is 11.8 Å². The van der Waals surface area contributed by atoms with Gasteiger partial charge in [0.2, 0.25) is 0 Å². The molecule has 0 amide bonds. The average Bonchev–Trinajstić information content (AvgIpc) is 2.04. The van der Waals surface area contributed by atoms with Gasteiger partial charge in [0.1, 0.15) is 0 Å². The highest BCUT2D eigenvalue weighted by atomic mass is 32.2. The molecule has 0 spiro atoms. The minimum absolute atomic E-state index is 0.157. The Labute approximate surface area is 72.2 Å². The van der Waals surface area contributed by atoms with E-state index in [1.807, 2.05) is 11.8 Å². The highest BCUT2D eigenvalue weighted by molar-refractivity contribution is 7.98. The molecule has 0 aromatic rings. The van der Waals surface area contributed by atoms with Gasteiger partial charge in [0.25, 0.3) is 0 Å². The molecule has 0 fully saturated rings. The van der Waals surface area contributed by atoms with E-state index in [1.165, 1.54) is 0 Å². The second-order valence-corrected chi connectivity index (χ2v) is 3.37. The van der Waals surface area contributed by atoms with Gasteiger partial charge in [-0.2, -0.15) is 11.8 Å². The summed E-state index contributed by atoms with van der Waals surface area (Å²) in [6, 6.07) is 0. The van der Waals surface area contributed by atoms with Crippen LogP contribution in [-0.4, -0.2) is 48.0 Å². The van der Waals surface area contributed by atoms with Crippen LogP contribution < -0.4 is 5.32 Å². The minimum Gasteiger partial charge on any atom is -0.394 e. The van der Waals surface area contributed by atoms with E-state index >= 15 is 0 Å². The summed E-state index contributed by atoms with van der Waals surface area (Å²) >= 11 is 1.81. The zero-order chi connectivity index (χ0) is 8.53. The first kappa shape index (κ1) is 11.2. The van der Waals surface area contributed by atoms with Gasteiger partial charge in [-0.15, -0.1) is 0 Å². The third-order valence-corrected chi connectivity index (χ3v) is 1.99. The fraction of sp³-hybridized carbons (Fsp3) is 1.00. The SMILES string of the molecule is CSCCCNC[C@H](O)CO. The van der Waals surface area contributed by atoms with Crippen LogP contribution in [0.25, 0.3) is 0 Å². The summed E-state index contributed by atoms with van der Waals surface area (Å²) in [4.78, 5) is 0. The largest absolute Gasteiger partial charge is 0.394 e. The lowest BCUT2D eigenvalue weighted by molar-refractivity contribution is 0.0946. The first-order valence-corrected chi connectivity index (χ1v) is 5.19. The van der Waals surface area contributed by atoms with E-state index in [0.717, 1.165) is 18.7 Å². The molecule has 68 valence electrons. The summed E-state index contributed by atoms with van der Waals surface area (Å²) in [6.45, 7) is 1.25. The molecule has 4 heteroatoms. The Morgan fingerprint density at radius 1 is 1.55 bits per heavy atom. The van der Waals surface area contributed by atoms with E-state index < -0.39 is 6.10 Å². The summed E-state index contributed by atoms with van der Waals surface area (Å²) in [5.74, 6) is 1.14. The molecule has 0 bridgehead atoms. The highest BCUT2D eigenvalue weighted by Gasteiger charge is 1.98. The normalized spacial score (nSPS) is 13.4. The molecule has 3 nitrogen and oxygen atoms in total. The van der Waals surface area contributed by atoms with Gasteiger partial charge >= 0.3 is 0 Å². The molecule has 0 aliphatic heterocycles. The van der Waals surface area contributed by atoms with Gasteiger partial charge in [-0.25, -0.2) is 0 Å². The Bertz CT molecular complexity index is 82.8. The van der Waals surface area contributed by atoms with Crippen molar-refractivity contribution in [3.8, 4) is 0 Å². The van der Waals surface area contributed by atoms with Crippen LogP contribution in [-0.2, 0) is 0 Å². The van der Waals surface area contributed by atoms with Gasteiger partial charge in [-0.3, -0.25) is 0 Å². The summed E-state index contributed by atoms with van der Waals surface area (Å²) in [6.07, 6.45) is 2.58. The van der Waals surface area contributed by atoms with Crippen molar-refractivity contribution < 1.29 is 10.2 Å². The maximum atomic E-state index is 8.90.